The number of anilines is 1. The third-order valence-electron chi connectivity index (χ3n) is 3.83. The molecule has 0 spiro atoms. The summed E-state index contributed by atoms with van der Waals surface area (Å²) >= 11 is 0. The van der Waals surface area contributed by atoms with Crippen LogP contribution >= 0.6 is 0 Å². The molecule has 1 aromatic heterocycles. The Kier molecular flexibility index (Phi) is 5.03. The van der Waals surface area contributed by atoms with Crippen molar-refractivity contribution in [3.8, 4) is 0 Å². The van der Waals surface area contributed by atoms with Crippen molar-refractivity contribution in [2.24, 2.45) is 7.05 Å². The van der Waals surface area contributed by atoms with Gasteiger partial charge in [-0.25, -0.2) is 4.79 Å². The van der Waals surface area contributed by atoms with Gasteiger partial charge in [0.15, 0.2) is 0 Å². The number of benzene rings is 1. The fourth-order valence-electron chi connectivity index (χ4n) is 2.97. The maximum Gasteiger partial charge on any atom is 0.408 e. The summed E-state index contributed by atoms with van der Waals surface area (Å²) in [6.45, 7) is 8.12. The van der Waals surface area contributed by atoms with Crippen LogP contribution in [-0.2, 0) is 18.4 Å². The fraction of sp³-hybridized carbons (Fsp3) is 0.529. The van der Waals surface area contributed by atoms with E-state index in [2.05, 4.69) is 5.10 Å². The molecule has 0 radical (unpaired) electrons. The minimum Gasteiger partial charge on any atom is -0.465 e. The average molecular weight is 334 g/mol. The largest absolute Gasteiger partial charge is 0.465 e. The van der Waals surface area contributed by atoms with Gasteiger partial charge in [-0.05, 0) is 45.4 Å². The molecule has 132 valence electrons. The van der Waals surface area contributed by atoms with E-state index in [1.54, 1.807) is 4.68 Å². The van der Waals surface area contributed by atoms with Gasteiger partial charge in [0.25, 0.3) is 0 Å². The number of nitrogens with two attached hydrogens (primary N) is 1. The van der Waals surface area contributed by atoms with Gasteiger partial charge in [-0.15, -0.1) is 0 Å². The van der Waals surface area contributed by atoms with Crippen LogP contribution in [0.5, 0.6) is 0 Å². The molecule has 0 aliphatic carbocycles. The molecule has 2 rings (SSSR count). The van der Waals surface area contributed by atoms with Crippen LogP contribution in [0.2, 0.25) is 0 Å². The van der Waals surface area contributed by atoms with Crippen LogP contribution in [0.15, 0.2) is 18.3 Å². The van der Waals surface area contributed by atoms with E-state index in [1.807, 2.05) is 53.1 Å². The lowest BCUT2D eigenvalue weighted by molar-refractivity contribution is 0.0218. The molecule has 0 aliphatic heterocycles. The summed E-state index contributed by atoms with van der Waals surface area (Å²) < 4.78 is 7.45. The topological polar surface area (TPSA) is 93.6 Å². The predicted octanol–water partition coefficient (Wildman–Crippen LogP) is 2.84. The van der Waals surface area contributed by atoms with Crippen LogP contribution in [0.4, 0.5) is 10.5 Å². The lowest BCUT2D eigenvalue weighted by Gasteiger charge is -2.37. The van der Waals surface area contributed by atoms with Gasteiger partial charge in [-0.3, -0.25) is 9.58 Å². The van der Waals surface area contributed by atoms with Crippen LogP contribution in [0.25, 0.3) is 10.9 Å². The minimum absolute atomic E-state index is 0.251. The number of aromatic nitrogens is 2. The van der Waals surface area contributed by atoms with Crippen molar-refractivity contribution < 1.29 is 14.6 Å². The summed E-state index contributed by atoms with van der Waals surface area (Å²) in [4.78, 5) is 12.9. The quantitative estimate of drug-likeness (QED) is 0.820. The predicted molar refractivity (Wildman–Crippen MR) is 93.9 cm³/mol. The number of aryl methyl sites for hydroxylation is 1. The first-order chi connectivity index (χ1) is 11.1. The third-order valence-corrected chi connectivity index (χ3v) is 3.83. The maximum atomic E-state index is 11.5. The summed E-state index contributed by atoms with van der Waals surface area (Å²) in [6.07, 6.45) is 0.934. The van der Waals surface area contributed by atoms with Gasteiger partial charge in [-0.2, -0.15) is 5.10 Å². The summed E-state index contributed by atoms with van der Waals surface area (Å²) in [5.41, 5.74) is 7.98. The number of nitrogens with zero attached hydrogens (tertiary/aromatic N) is 3. The zero-order valence-electron chi connectivity index (χ0n) is 14.9. The number of hydrogen-bond donors (Lipinski definition) is 2. The molecule has 0 fully saturated rings. The first-order valence-corrected chi connectivity index (χ1v) is 7.91. The van der Waals surface area contributed by atoms with Gasteiger partial charge < -0.3 is 15.6 Å². The molecule has 2 aromatic rings. The van der Waals surface area contributed by atoms with E-state index in [0.29, 0.717) is 18.9 Å². The van der Waals surface area contributed by atoms with Gasteiger partial charge in [0.05, 0.1) is 24.8 Å². The van der Waals surface area contributed by atoms with E-state index in [1.165, 1.54) is 4.90 Å². The number of hydrogen-bond acceptors (Lipinski definition) is 4. The molecule has 7 heteroatoms. The SMILES string of the molecule is C[C@H](COCc1cc(N)c2cn(C)nc2c1)N(C(=O)O)C(C)(C)C. The number of nitrogen functional groups attached to an aromatic ring is 1. The molecule has 0 saturated heterocycles. The highest BCUT2D eigenvalue weighted by Crippen LogP contribution is 2.23. The summed E-state index contributed by atoms with van der Waals surface area (Å²) in [7, 11) is 1.85. The van der Waals surface area contributed by atoms with Crippen LogP contribution in [0, 0.1) is 0 Å². The number of carboxylic acid groups (broad SMARTS) is 1. The van der Waals surface area contributed by atoms with E-state index in [9.17, 15) is 9.90 Å². The van der Waals surface area contributed by atoms with Gasteiger partial charge in [0.1, 0.15) is 0 Å². The lowest BCUT2D eigenvalue weighted by atomic mass is 10.0. The molecule has 0 unspecified atom stereocenters. The molecule has 0 saturated carbocycles. The van der Waals surface area contributed by atoms with Crippen molar-refractivity contribution >= 4 is 22.7 Å². The summed E-state index contributed by atoms with van der Waals surface area (Å²) in [6, 6.07) is 3.56. The Morgan fingerprint density at radius 3 is 2.71 bits per heavy atom. The summed E-state index contributed by atoms with van der Waals surface area (Å²) in [5, 5.41) is 14.7. The molecule has 24 heavy (non-hydrogen) atoms. The molecule has 3 N–H and O–H groups in total. The second kappa shape index (κ2) is 6.68. The van der Waals surface area contributed by atoms with E-state index in [0.717, 1.165) is 16.5 Å². The van der Waals surface area contributed by atoms with Crippen LogP contribution < -0.4 is 5.73 Å². The molecule has 1 amide bonds. The molecule has 7 nitrogen and oxygen atoms in total. The number of carbonyl (C=O) groups is 1. The van der Waals surface area contributed by atoms with Crippen molar-refractivity contribution in [1.82, 2.24) is 14.7 Å². The number of fused-ring (bicyclic) bond motifs is 1. The molecule has 1 atom stereocenters. The Bertz CT molecular complexity index is 733. The molecular weight excluding hydrogens is 308 g/mol. The van der Waals surface area contributed by atoms with Gasteiger partial charge in [-0.1, -0.05) is 0 Å². The highest BCUT2D eigenvalue weighted by Gasteiger charge is 2.30. The molecule has 0 aliphatic rings. The maximum absolute atomic E-state index is 11.5. The first-order valence-electron chi connectivity index (χ1n) is 7.91. The Morgan fingerprint density at radius 2 is 2.12 bits per heavy atom. The van der Waals surface area contributed by atoms with Crippen LogP contribution in [0.3, 0.4) is 0 Å². The Labute approximate surface area is 142 Å². The average Bonchev–Trinajstić information content (AvgIpc) is 2.77. The lowest BCUT2D eigenvalue weighted by Crippen LogP contribution is -2.51. The van der Waals surface area contributed by atoms with Crippen molar-refractivity contribution in [1.29, 1.82) is 0 Å². The normalized spacial score (nSPS) is 13.2. The van der Waals surface area contributed by atoms with E-state index in [-0.39, 0.29) is 6.04 Å². The van der Waals surface area contributed by atoms with Gasteiger partial charge in [0.2, 0.25) is 0 Å². The monoisotopic (exact) mass is 334 g/mol. The second-order valence-corrected chi connectivity index (χ2v) is 7.11. The minimum atomic E-state index is -0.947. The third kappa shape index (κ3) is 3.97. The highest BCUT2D eigenvalue weighted by atomic mass is 16.5. The molecular formula is C17H26N4O3. The molecule has 1 heterocycles. The van der Waals surface area contributed by atoms with Gasteiger partial charge in [0, 0.05) is 29.9 Å². The first kappa shape index (κ1) is 18.1. The van der Waals surface area contributed by atoms with Crippen LogP contribution in [-0.4, -0.2) is 44.1 Å². The van der Waals surface area contributed by atoms with E-state index < -0.39 is 11.6 Å². The van der Waals surface area contributed by atoms with Crippen molar-refractivity contribution in [2.75, 3.05) is 12.3 Å². The highest BCUT2D eigenvalue weighted by molar-refractivity contribution is 5.90. The molecule has 0 bridgehead atoms. The number of amides is 1. The zero-order chi connectivity index (χ0) is 18.1. The fourth-order valence-corrected chi connectivity index (χ4v) is 2.97. The van der Waals surface area contributed by atoms with Crippen molar-refractivity contribution in [3.05, 3.63) is 23.9 Å². The number of rotatable bonds is 5. The Morgan fingerprint density at radius 1 is 1.46 bits per heavy atom. The van der Waals surface area contributed by atoms with Gasteiger partial charge >= 0.3 is 6.09 Å². The smallest absolute Gasteiger partial charge is 0.408 e. The molecule has 1 aromatic carbocycles. The Balaban J connectivity index is 2.02. The van der Waals surface area contributed by atoms with E-state index >= 15 is 0 Å². The van der Waals surface area contributed by atoms with Crippen molar-refractivity contribution in [3.63, 3.8) is 0 Å². The zero-order valence-corrected chi connectivity index (χ0v) is 14.9. The van der Waals surface area contributed by atoms with Crippen LogP contribution in [0.1, 0.15) is 33.3 Å². The van der Waals surface area contributed by atoms with E-state index in [4.69, 9.17) is 10.5 Å². The standard InChI is InChI=1S/C17H26N4O3/c1-11(21(16(22)23)17(2,3)4)9-24-10-12-6-14(18)13-8-20(5)19-15(13)7-12/h6-8,11H,9-10,18H2,1-5H3,(H,22,23)/t11-/m1/s1. The van der Waals surface area contributed by atoms with Crippen molar-refractivity contribution in [2.45, 2.75) is 45.9 Å². The number of ether oxygens (including phenoxy) is 1. The summed E-state index contributed by atoms with van der Waals surface area (Å²) in [5.74, 6) is 0. The second-order valence-electron chi connectivity index (χ2n) is 7.11. The Hall–Kier alpha value is -2.28.